The molecule has 6 nitrogen and oxygen atoms in total. The maximum atomic E-state index is 12.2. The second-order valence-corrected chi connectivity index (χ2v) is 6.26. The first-order chi connectivity index (χ1) is 12.8. The molecule has 1 aliphatic rings. The van der Waals surface area contributed by atoms with Crippen LogP contribution >= 0.6 is 0 Å². The van der Waals surface area contributed by atoms with Gasteiger partial charge in [-0.1, -0.05) is 36.4 Å². The lowest BCUT2D eigenvalue weighted by molar-refractivity contribution is 0.0383. The van der Waals surface area contributed by atoms with Gasteiger partial charge in [0, 0.05) is 18.9 Å². The Labute approximate surface area is 151 Å². The molecule has 1 N–H and O–H groups in total. The van der Waals surface area contributed by atoms with Crippen LogP contribution in [0.15, 0.2) is 60.9 Å². The molecule has 0 spiro atoms. The Hall–Kier alpha value is -2.99. The van der Waals surface area contributed by atoms with Gasteiger partial charge in [-0.25, -0.2) is 0 Å². The molecule has 3 aromatic rings. The average molecular weight is 348 g/mol. The van der Waals surface area contributed by atoms with Gasteiger partial charge in [0.05, 0.1) is 18.8 Å². The number of carbonyl (C=O) groups is 1. The molecule has 1 atom stereocenters. The maximum Gasteiger partial charge on any atom is 0.269 e. The molecule has 0 unspecified atom stereocenters. The highest BCUT2D eigenvalue weighted by atomic mass is 16.5. The molecule has 0 saturated carbocycles. The predicted octanol–water partition coefficient (Wildman–Crippen LogP) is 2.37. The summed E-state index contributed by atoms with van der Waals surface area (Å²) in [6.07, 6.45) is 4.30. The third-order valence-corrected chi connectivity index (χ3v) is 4.40. The van der Waals surface area contributed by atoms with Crippen LogP contribution in [0.25, 0.3) is 0 Å². The monoisotopic (exact) mass is 348 g/mol. The number of hydrogen-bond donors (Lipinski definition) is 1. The van der Waals surface area contributed by atoms with E-state index in [0.29, 0.717) is 18.8 Å². The first-order valence-electron chi connectivity index (χ1n) is 8.70. The van der Waals surface area contributed by atoms with E-state index in [2.05, 4.69) is 28.6 Å². The van der Waals surface area contributed by atoms with Gasteiger partial charge in [0.2, 0.25) is 0 Å². The van der Waals surface area contributed by atoms with E-state index in [9.17, 15) is 4.79 Å². The van der Waals surface area contributed by atoms with E-state index >= 15 is 0 Å². The standard InChI is InChI=1S/C20H20N4O2/c25-20(17-8-4-5-10-21-17)22-12-18-19-16(9-11-26-18)14-24(23-19)13-15-6-2-1-3-7-15/h1-8,10,14,18H,9,11-13H2,(H,22,25)/t18-/m1/s1. The van der Waals surface area contributed by atoms with Gasteiger partial charge in [0.25, 0.3) is 5.91 Å². The zero-order chi connectivity index (χ0) is 17.8. The third-order valence-electron chi connectivity index (χ3n) is 4.40. The molecule has 0 aliphatic carbocycles. The Balaban J connectivity index is 1.44. The maximum absolute atomic E-state index is 12.2. The van der Waals surface area contributed by atoms with Gasteiger partial charge < -0.3 is 10.1 Å². The number of benzene rings is 1. The third kappa shape index (κ3) is 3.65. The fraction of sp³-hybridized carbons (Fsp3) is 0.250. The fourth-order valence-electron chi connectivity index (χ4n) is 3.11. The molecular formula is C20H20N4O2. The summed E-state index contributed by atoms with van der Waals surface area (Å²) in [5.74, 6) is -0.204. The van der Waals surface area contributed by atoms with Gasteiger partial charge in [-0.15, -0.1) is 0 Å². The lowest BCUT2D eigenvalue weighted by Crippen LogP contribution is -2.32. The van der Waals surface area contributed by atoms with E-state index in [4.69, 9.17) is 9.84 Å². The summed E-state index contributed by atoms with van der Waals surface area (Å²) in [7, 11) is 0. The highest BCUT2D eigenvalue weighted by molar-refractivity contribution is 5.92. The van der Waals surface area contributed by atoms with Crippen molar-refractivity contribution in [2.75, 3.05) is 13.2 Å². The molecule has 3 heterocycles. The molecule has 0 fully saturated rings. The number of carbonyl (C=O) groups excluding carboxylic acids is 1. The number of aromatic nitrogens is 3. The first kappa shape index (κ1) is 16.5. The summed E-state index contributed by atoms with van der Waals surface area (Å²) in [5.41, 5.74) is 3.70. The lowest BCUT2D eigenvalue weighted by atomic mass is 10.1. The Morgan fingerprint density at radius 2 is 2.04 bits per heavy atom. The van der Waals surface area contributed by atoms with E-state index in [1.807, 2.05) is 22.9 Å². The van der Waals surface area contributed by atoms with Gasteiger partial charge in [-0.3, -0.25) is 14.5 Å². The van der Waals surface area contributed by atoms with E-state index < -0.39 is 0 Å². The van der Waals surface area contributed by atoms with Crippen LogP contribution in [0.3, 0.4) is 0 Å². The number of nitrogens with one attached hydrogen (secondary N) is 1. The smallest absolute Gasteiger partial charge is 0.269 e. The molecule has 1 aliphatic heterocycles. The molecule has 6 heteroatoms. The topological polar surface area (TPSA) is 69.0 Å². The first-order valence-corrected chi connectivity index (χ1v) is 8.70. The van der Waals surface area contributed by atoms with Crippen molar-refractivity contribution in [3.8, 4) is 0 Å². The summed E-state index contributed by atoms with van der Waals surface area (Å²) in [6.45, 7) is 1.74. The van der Waals surface area contributed by atoms with E-state index in [-0.39, 0.29) is 12.0 Å². The highest BCUT2D eigenvalue weighted by Crippen LogP contribution is 2.25. The summed E-state index contributed by atoms with van der Waals surface area (Å²) < 4.78 is 7.79. The SMILES string of the molecule is O=C(NC[C@H]1OCCc2cn(Cc3ccccc3)nc21)c1ccccn1. The minimum atomic E-state index is -0.233. The normalized spacial score (nSPS) is 16.1. The second kappa shape index (κ2) is 7.49. The highest BCUT2D eigenvalue weighted by Gasteiger charge is 2.25. The average Bonchev–Trinajstić information content (AvgIpc) is 3.10. The van der Waals surface area contributed by atoms with Crippen molar-refractivity contribution in [1.82, 2.24) is 20.1 Å². The van der Waals surface area contributed by atoms with Crippen LogP contribution in [0.4, 0.5) is 0 Å². The van der Waals surface area contributed by atoms with Crippen LogP contribution in [-0.2, 0) is 17.7 Å². The summed E-state index contributed by atoms with van der Waals surface area (Å²) >= 11 is 0. The van der Waals surface area contributed by atoms with Crippen molar-refractivity contribution < 1.29 is 9.53 Å². The van der Waals surface area contributed by atoms with Crippen LogP contribution in [-0.4, -0.2) is 33.8 Å². The zero-order valence-electron chi connectivity index (χ0n) is 14.3. The Kier molecular flexibility index (Phi) is 4.75. The minimum absolute atomic E-state index is 0.204. The molecular weight excluding hydrogens is 328 g/mol. The number of fused-ring (bicyclic) bond motifs is 1. The number of amides is 1. The van der Waals surface area contributed by atoms with Crippen LogP contribution in [0.2, 0.25) is 0 Å². The number of pyridine rings is 1. The van der Waals surface area contributed by atoms with Gasteiger partial charge in [-0.05, 0) is 29.7 Å². The van der Waals surface area contributed by atoms with Crippen LogP contribution in [0.1, 0.15) is 33.4 Å². The van der Waals surface area contributed by atoms with Crippen molar-refractivity contribution in [2.24, 2.45) is 0 Å². The second-order valence-electron chi connectivity index (χ2n) is 6.26. The van der Waals surface area contributed by atoms with Gasteiger partial charge in [0.15, 0.2) is 0 Å². The van der Waals surface area contributed by atoms with E-state index in [0.717, 1.165) is 18.7 Å². The minimum Gasteiger partial charge on any atom is -0.370 e. The van der Waals surface area contributed by atoms with Gasteiger partial charge in [-0.2, -0.15) is 5.10 Å². The summed E-state index contributed by atoms with van der Waals surface area (Å²) in [6, 6.07) is 15.5. The molecule has 1 amide bonds. The van der Waals surface area contributed by atoms with Crippen molar-refractivity contribution in [1.29, 1.82) is 0 Å². The quantitative estimate of drug-likeness (QED) is 0.769. The predicted molar refractivity (Wildman–Crippen MR) is 96.7 cm³/mol. The largest absolute Gasteiger partial charge is 0.370 e. The Morgan fingerprint density at radius 1 is 1.19 bits per heavy atom. The Morgan fingerprint density at radius 3 is 2.85 bits per heavy atom. The number of nitrogens with zero attached hydrogens (tertiary/aromatic N) is 3. The molecule has 26 heavy (non-hydrogen) atoms. The van der Waals surface area contributed by atoms with Gasteiger partial charge in [0.1, 0.15) is 11.8 Å². The molecule has 2 aromatic heterocycles. The van der Waals surface area contributed by atoms with E-state index in [1.54, 1.807) is 24.4 Å². The van der Waals surface area contributed by atoms with E-state index in [1.165, 1.54) is 11.1 Å². The van der Waals surface area contributed by atoms with Crippen molar-refractivity contribution in [2.45, 2.75) is 19.1 Å². The molecule has 1 aromatic carbocycles. The molecule has 0 saturated heterocycles. The molecule has 4 rings (SSSR count). The molecule has 132 valence electrons. The van der Waals surface area contributed by atoms with Crippen molar-refractivity contribution >= 4 is 5.91 Å². The zero-order valence-corrected chi connectivity index (χ0v) is 14.3. The molecule has 0 radical (unpaired) electrons. The fourth-order valence-corrected chi connectivity index (χ4v) is 3.11. The molecule has 0 bridgehead atoms. The van der Waals surface area contributed by atoms with Gasteiger partial charge >= 0.3 is 0 Å². The van der Waals surface area contributed by atoms with Crippen molar-refractivity contribution in [3.05, 3.63) is 83.4 Å². The lowest BCUT2D eigenvalue weighted by Gasteiger charge is -2.22. The van der Waals surface area contributed by atoms with Crippen LogP contribution < -0.4 is 5.32 Å². The number of rotatable bonds is 5. The van der Waals surface area contributed by atoms with Crippen LogP contribution in [0.5, 0.6) is 0 Å². The van der Waals surface area contributed by atoms with Crippen molar-refractivity contribution in [3.63, 3.8) is 0 Å². The summed E-state index contributed by atoms with van der Waals surface area (Å²) in [5, 5.41) is 7.60. The summed E-state index contributed by atoms with van der Waals surface area (Å²) in [4.78, 5) is 16.3. The number of hydrogen-bond acceptors (Lipinski definition) is 4. The number of ether oxygens (including phenoxy) is 1. The Bertz CT molecular complexity index is 877. The van der Waals surface area contributed by atoms with Crippen LogP contribution in [0, 0.1) is 0 Å².